The van der Waals surface area contributed by atoms with Crippen molar-refractivity contribution >= 4 is 17.3 Å². The molecule has 1 aromatic heterocycles. The Labute approximate surface area is 118 Å². The first-order valence-corrected chi connectivity index (χ1v) is 7.19. The average Bonchev–Trinajstić information content (AvgIpc) is 2.41. The third-order valence-corrected chi connectivity index (χ3v) is 3.78. The van der Waals surface area contributed by atoms with Crippen LogP contribution in [0.15, 0.2) is 11.0 Å². The van der Waals surface area contributed by atoms with Crippen LogP contribution in [0.5, 0.6) is 0 Å². The first kappa shape index (κ1) is 14.3. The molecule has 0 amide bonds. The molecule has 0 saturated carbocycles. The number of rotatable bonds is 4. The SMILES string of the molecule is CC(C)n1ncc(NCC2CCCNC2)c(Cl)c1=O. The molecule has 1 unspecified atom stereocenters. The second-order valence-corrected chi connectivity index (χ2v) is 5.69. The zero-order valence-electron chi connectivity index (χ0n) is 11.4. The summed E-state index contributed by atoms with van der Waals surface area (Å²) in [5.41, 5.74) is 0.401. The van der Waals surface area contributed by atoms with Gasteiger partial charge < -0.3 is 10.6 Å². The molecule has 0 radical (unpaired) electrons. The molecule has 2 heterocycles. The van der Waals surface area contributed by atoms with E-state index in [0.29, 0.717) is 11.6 Å². The molecule has 5 nitrogen and oxygen atoms in total. The normalized spacial score (nSPS) is 19.7. The number of hydrogen-bond acceptors (Lipinski definition) is 4. The van der Waals surface area contributed by atoms with Crippen molar-refractivity contribution in [1.29, 1.82) is 0 Å². The van der Waals surface area contributed by atoms with Gasteiger partial charge in [0.25, 0.3) is 5.56 Å². The number of aromatic nitrogens is 2. The summed E-state index contributed by atoms with van der Waals surface area (Å²) in [6.45, 7) is 6.75. The third-order valence-electron chi connectivity index (χ3n) is 3.41. The molecular weight excluding hydrogens is 264 g/mol. The molecule has 0 spiro atoms. The summed E-state index contributed by atoms with van der Waals surface area (Å²) in [6.07, 6.45) is 4.04. The second kappa shape index (κ2) is 6.39. The molecule has 2 N–H and O–H groups in total. The van der Waals surface area contributed by atoms with Crippen molar-refractivity contribution in [3.8, 4) is 0 Å². The van der Waals surface area contributed by atoms with Crippen molar-refractivity contribution in [2.45, 2.75) is 32.7 Å². The van der Waals surface area contributed by atoms with E-state index in [0.717, 1.165) is 19.6 Å². The molecule has 1 aromatic rings. The molecule has 1 aliphatic rings. The summed E-state index contributed by atoms with van der Waals surface area (Å²) in [7, 11) is 0. The van der Waals surface area contributed by atoms with Crippen molar-refractivity contribution in [3.05, 3.63) is 21.6 Å². The number of nitrogens with one attached hydrogen (secondary N) is 2. The lowest BCUT2D eigenvalue weighted by atomic mass is 10.00. The smallest absolute Gasteiger partial charge is 0.287 e. The van der Waals surface area contributed by atoms with Gasteiger partial charge in [0, 0.05) is 6.54 Å². The van der Waals surface area contributed by atoms with Crippen LogP contribution in [0, 0.1) is 5.92 Å². The molecule has 19 heavy (non-hydrogen) atoms. The molecule has 1 atom stereocenters. The van der Waals surface area contributed by atoms with E-state index in [1.54, 1.807) is 6.20 Å². The van der Waals surface area contributed by atoms with Crippen LogP contribution >= 0.6 is 11.6 Å². The minimum Gasteiger partial charge on any atom is -0.382 e. The maximum atomic E-state index is 12.0. The number of nitrogens with zero attached hydrogens (tertiary/aromatic N) is 2. The summed E-state index contributed by atoms with van der Waals surface area (Å²) in [4.78, 5) is 12.0. The highest BCUT2D eigenvalue weighted by Gasteiger charge is 2.15. The Hall–Kier alpha value is -1.07. The van der Waals surface area contributed by atoms with Gasteiger partial charge in [-0.25, -0.2) is 4.68 Å². The molecule has 106 valence electrons. The van der Waals surface area contributed by atoms with Gasteiger partial charge in [-0.3, -0.25) is 4.79 Å². The number of hydrogen-bond donors (Lipinski definition) is 2. The summed E-state index contributed by atoms with van der Waals surface area (Å²) < 4.78 is 1.40. The summed E-state index contributed by atoms with van der Waals surface area (Å²) >= 11 is 6.11. The molecule has 1 aliphatic heterocycles. The van der Waals surface area contributed by atoms with Gasteiger partial charge in [-0.05, 0) is 45.7 Å². The van der Waals surface area contributed by atoms with Crippen LogP contribution in [0.3, 0.4) is 0 Å². The van der Waals surface area contributed by atoms with Crippen molar-refractivity contribution in [2.24, 2.45) is 5.92 Å². The second-order valence-electron chi connectivity index (χ2n) is 5.31. The van der Waals surface area contributed by atoms with E-state index in [1.807, 2.05) is 13.8 Å². The van der Waals surface area contributed by atoms with Crippen LogP contribution in [0.2, 0.25) is 5.02 Å². The lowest BCUT2D eigenvalue weighted by Gasteiger charge is -2.23. The van der Waals surface area contributed by atoms with E-state index in [4.69, 9.17) is 11.6 Å². The highest BCUT2D eigenvalue weighted by atomic mass is 35.5. The number of halogens is 1. The van der Waals surface area contributed by atoms with Gasteiger partial charge in [-0.15, -0.1) is 0 Å². The Morgan fingerprint density at radius 3 is 3.05 bits per heavy atom. The van der Waals surface area contributed by atoms with Crippen LogP contribution in [-0.4, -0.2) is 29.4 Å². The van der Waals surface area contributed by atoms with Crippen LogP contribution in [-0.2, 0) is 0 Å². The van der Waals surface area contributed by atoms with Gasteiger partial charge >= 0.3 is 0 Å². The van der Waals surface area contributed by atoms with Gasteiger partial charge in [0.05, 0.1) is 17.9 Å². The minimum absolute atomic E-state index is 0.0154. The molecule has 0 bridgehead atoms. The lowest BCUT2D eigenvalue weighted by molar-refractivity contribution is 0.392. The summed E-state index contributed by atoms with van der Waals surface area (Å²) in [5.74, 6) is 0.581. The zero-order valence-corrected chi connectivity index (χ0v) is 12.2. The van der Waals surface area contributed by atoms with Crippen molar-refractivity contribution < 1.29 is 0 Å². The number of anilines is 1. The maximum Gasteiger partial charge on any atom is 0.287 e. The Kier molecular flexibility index (Phi) is 4.82. The molecule has 0 aromatic carbocycles. The van der Waals surface area contributed by atoms with Crippen molar-refractivity contribution in [2.75, 3.05) is 25.0 Å². The van der Waals surface area contributed by atoms with E-state index < -0.39 is 0 Å². The predicted octanol–water partition coefficient (Wildman–Crippen LogP) is 1.89. The fourth-order valence-corrected chi connectivity index (χ4v) is 2.49. The van der Waals surface area contributed by atoms with E-state index >= 15 is 0 Å². The molecular formula is C13H21ClN4O. The topological polar surface area (TPSA) is 59.0 Å². The molecule has 0 aliphatic carbocycles. The van der Waals surface area contributed by atoms with Crippen LogP contribution in [0.4, 0.5) is 5.69 Å². The fraction of sp³-hybridized carbons (Fsp3) is 0.692. The summed E-state index contributed by atoms with van der Waals surface area (Å²) in [6, 6.07) is 0.0154. The molecule has 6 heteroatoms. The maximum absolute atomic E-state index is 12.0. The lowest BCUT2D eigenvalue weighted by Crippen LogP contribution is -2.34. The van der Waals surface area contributed by atoms with Crippen LogP contribution in [0.25, 0.3) is 0 Å². The molecule has 1 fully saturated rings. The fourth-order valence-electron chi connectivity index (χ4n) is 2.29. The number of piperidine rings is 1. The average molecular weight is 285 g/mol. The standard InChI is InChI=1S/C13H21ClN4O/c1-9(2)18-13(19)12(14)11(8-17-18)16-7-10-4-3-5-15-6-10/h8-10,15-16H,3-7H2,1-2H3. The van der Waals surface area contributed by atoms with Crippen LogP contribution in [0.1, 0.15) is 32.7 Å². The Balaban J connectivity index is 2.04. The first-order chi connectivity index (χ1) is 9.09. The summed E-state index contributed by atoms with van der Waals surface area (Å²) in [5, 5.41) is 11.0. The molecule has 1 saturated heterocycles. The molecule has 2 rings (SSSR count). The van der Waals surface area contributed by atoms with Gasteiger partial charge in [-0.1, -0.05) is 11.6 Å². The van der Waals surface area contributed by atoms with Gasteiger partial charge in [0.15, 0.2) is 0 Å². The highest BCUT2D eigenvalue weighted by Crippen LogP contribution is 2.18. The van der Waals surface area contributed by atoms with Crippen molar-refractivity contribution in [1.82, 2.24) is 15.1 Å². The van der Waals surface area contributed by atoms with Gasteiger partial charge in [-0.2, -0.15) is 5.10 Å². The van der Waals surface area contributed by atoms with Crippen molar-refractivity contribution in [3.63, 3.8) is 0 Å². The Morgan fingerprint density at radius 1 is 1.63 bits per heavy atom. The van der Waals surface area contributed by atoms with E-state index in [1.165, 1.54) is 17.5 Å². The van der Waals surface area contributed by atoms with Gasteiger partial charge in [0.1, 0.15) is 5.02 Å². The Morgan fingerprint density at radius 2 is 2.42 bits per heavy atom. The Bertz CT molecular complexity index is 480. The highest BCUT2D eigenvalue weighted by molar-refractivity contribution is 6.32. The van der Waals surface area contributed by atoms with E-state index in [-0.39, 0.29) is 16.6 Å². The zero-order chi connectivity index (χ0) is 13.8. The van der Waals surface area contributed by atoms with Crippen LogP contribution < -0.4 is 16.2 Å². The predicted molar refractivity (Wildman–Crippen MR) is 78.0 cm³/mol. The largest absolute Gasteiger partial charge is 0.382 e. The first-order valence-electron chi connectivity index (χ1n) is 6.81. The monoisotopic (exact) mass is 284 g/mol. The van der Waals surface area contributed by atoms with E-state index in [9.17, 15) is 4.79 Å². The third kappa shape index (κ3) is 3.48. The quantitative estimate of drug-likeness (QED) is 0.886. The minimum atomic E-state index is -0.233. The van der Waals surface area contributed by atoms with E-state index in [2.05, 4.69) is 15.7 Å². The van der Waals surface area contributed by atoms with Gasteiger partial charge in [0.2, 0.25) is 0 Å².